The van der Waals surface area contributed by atoms with Crippen LogP contribution >= 0.6 is 0 Å². The van der Waals surface area contributed by atoms with E-state index in [0.717, 1.165) is 55.2 Å². The number of benzene rings is 4. The molecule has 0 atom stereocenters. The van der Waals surface area contributed by atoms with E-state index in [9.17, 15) is 9.59 Å². The van der Waals surface area contributed by atoms with Gasteiger partial charge in [-0.05, 0) is 100 Å². The number of aromatic nitrogens is 2. The second-order valence-electron chi connectivity index (χ2n) is 14.9. The summed E-state index contributed by atoms with van der Waals surface area (Å²) in [4.78, 5) is 35.0. The third-order valence-electron chi connectivity index (χ3n) is 9.91. The summed E-state index contributed by atoms with van der Waals surface area (Å²) in [5.74, 6) is 2.68. The van der Waals surface area contributed by atoms with E-state index in [0.29, 0.717) is 47.3 Å². The van der Waals surface area contributed by atoms with Crippen molar-refractivity contribution in [3.63, 3.8) is 0 Å². The van der Waals surface area contributed by atoms with Crippen LogP contribution in [0.15, 0.2) is 85.2 Å². The molecule has 0 amide bonds. The monoisotopic (exact) mass is 830 g/mol. The fraction of sp³-hybridized carbons (Fsp3) is 0.347. The van der Waals surface area contributed by atoms with Crippen LogP contribution in [0.3, 0.4) is 0 Å². The van der Waals surface area contributed by atoms with Gasteiger partial charge in [0, 0.05) is 34.3 Å². The predicted octanol–water partition coefficient (Wildman–Crippen LogP) is 9.83. The summed E-state index contributed by atoms with van der Waals surface area (Å²) in [7, 11) is 3.24. The maximum absolute atomic E-state index is 12.9. The van der Waals surface area contributed by atoms with Crippen molar-refractivity contribution in [2.24, 2.45) is 0 Å². The number of esters is 2. The fourth-order valence-corrected chi connectivity index (χ4v) is 7.00. The van der Waals surface area contributed by atoms with Gasteiger partial charge in [0.2, 0.25) is 0 Å². The highest BCUT2D eigenvalue weighted by Crippen LogP contribution is 2.35. The smallest absolute Gasteiger partial charge is 0.317 e. The molecule has 0 spiro atoms. The van der Waals surface area contributed by atoms with E-state index in [4.69, 9.17) is 37.9 Å². The van der Waals surface area contributed by atoms with E-state index < -0.39 is 18.4 Å². The number of pyridine rings is 2. The van der Waals surface area contributed by atoms with Crippen LogP contribution < -0.4 is 28.4 Å². The number of rotatable bonds is 20. The molecule has 0 radical (unpaired) electrons. The van der Waals surface area contributed by atoms with Crippen molar-refractivity contribution in [3.05, 3.63) is 119 Å². The number of hydrogen-bond acceptors (Lipinski definition) is 12. The summed E-state index contributed by atoms with van der Waals surface area (Å²) in [6.45, 7) is 12.2. The van der Waals surface area contributed by atoms with Gasteiger partial charge in [-0.15, -0.1) is 0 Å². The van der Waals surface area contributed by atoms with Crippen molar-refractivity contribution >= 4 is 33.7 Å². The number of fused-ring (bicyclic) bond motifs is 2. The van der Waals surface area contributed by atoms with Crippen molar-refractivity contribution in [2.75, 3.05) is 14.2 Å². The lowest BCUT2D eigenvalue weighted by Crippen LogP contribution is -2.15. The maximum atomic E-state index is 12.9. The lowest BCUT2D eigenvalue weighted by Gasteiger charge is -2.19. The zero-order valence-corrected chi connectivity index (χ0v) is 36.2. The summed E-state index contributed by atoms with van der Waals surface area (Å²) in [6.07, 6.45) is 4.08. The van der Waals surface area contributed by atoms with Crippen LogP contribution in [0, 0.1) is 0 Å². The second kappa shape index (κ2) is 20.6. The van der Waals surface area contributed by atoms with E-state index in [1.807, 2.05) is 114 Å². The SMILES string of the molecule is CCc1c(COC(=O)CC(=O)OCc2cccc(OCc3cnc4ccc(OC)cc4c3OC(C)C)c2CC)cccc1OCc1cnc2ccc(OC)cc2c1OC(C)C. The molecule has 0 aliphatic carbocycles. The van der Waals surface area contributed by atoms with Gasteiger partial charge in [-0.1, -0.05) is 38.1 Å². The number of carbonyl (C=O) groups is 2. The Morgan fingerprint density at radius 2 is 0.984 bits per heavy atom. The van der Waals surface area contributed by atoms with Crippen LogP contribution in [0.4, 0.5) is 0 Å². The average molecular weight is 831 g/mol. The molecule has 2 aromatic heterocycles. The van der Waals surface area contributed by atoms with Crippen LogP contribution in [0.25, 0.3) is 21.8 Å². The quantitative estimate of drug-likeness (QED) is 0.0536. The highest BCUT2D eigenvalue weighted by Gasteiger charge is 2.20. The van der Waals surface area contributed by atoms with E-state index in [1.165, 1.54) is 0 Å². The van der Waals surface area contributed by atoms with Crippen molar-refractivity contribution in [2.45, 2.75) is 99.4 Å². The summed E-state index contributed by atoms with van der Waals surface area (Å²) in [5, 5.41) is 1.66. The Morgan fingerprint density at radius 1 is 0.557 bits per heavy atom. The van der Waals surface area contributed by atoms with Crippen molar-refractivity contribution in [3.8, 4) is 34.5 Å². The number of ether oxygens (including phenoxy) is 8. The molecule has 12 nitrogen and oxygen atoms in total. The topological polar surface area (TPSA) is 134 Å². The molecule has 6 aromatic rings. The standard InChI is InChI=1S/C49H54N2O10/c1-9-38-32(13-11-15-44(38)56-28-34-24-50-42-19-17-36(54-7)21-40(42)48(34)60-30(3)4)26-58-46(52)23-47(53)59-27-33-14-12-16-45(39(33)10-2)57-29-35-25-51-43-20-18-37(55-8)22-41(43)49(35)61-31(5)6/h11-22,24-25,30-31H,9-10,23,26-29H2,1-8H3. The molecule has 0 saturated carbocycles. The zero-order valence-electron chi connectivity index (χ0n) is 36.2. The van der Waals surface area contributed by atoms with Gasteiger partial charge in [0.25, 0.3) is 0 Å². The number of hydrogen-bond donors (Lipinski definition) is 0. The molecule has 12 heteroatoms. The molecule has 61 heavy (non-hydrogen) atoms. The highest BCUT2D eigenvalue weighted by molar-refractivity contribution is 5.91. The molecule has 0 aliphatic heterocycles. The van der Waals surface area contributed by atoms with Crippen LogP contribution in [-0.4, -0.2) is 48.3 Å². The van der Waals surface area contributed by atoms with Gasteiger partial charge in [0.05, 0.1) is 48.6 Å². The van der Waals surface area contributed by atoms with Crippen LogP contribution in [0.2, 0.25) is 0 Å². The van der Waals surface area contributed by atoms with Gasteiger partial charge < -0.3 is 37.9 Å². The molecule has 0 N–H and O–H groups in total. The summed E-state index contributed by atoms with van der Waals surface area (Å²) >= 11 is 0. The molecule has 0 bridgehead atoms. The number of nitrogens with zero attached hydrogens (tertiary/aromatic N) is 2. The third kappa shape index (κ3) is 11.0. The summed E-state index contributed by atoms with van der Waals surface area (Å²) < 4.78 is 47.3. The van der Waals surface area contributed by atoms with Gasteiger partial charge in [-0.2, -0.15) is 0 Å². The van der Waals surface area contributed by atoms with Gasteiger partial charge in [0.15, 0.2) is 0 Å². The largest absolute Gasteiger partial charge is 0.497 e. The summed E-state index contributed by atoms with van der Waals surface area (Å²) in [6, 6.07) is 22.5. The average Bonchev–Trinajstić information content (AvgIpc) is 3.26. The summed E-state index contributed by atoms with van der Waals surface area (Å²) in [5.41, 5.74) is 6.44. The molecule has 0 fully saturated rings. The lowest BCUT2D eigenvalue weighted by atomic mass is 10.0. The van der Waals surface area contributed by atoms with Crippen molar-refractivity contribution in [1.82, 2.24) is 9.97 Å². The molecule has 0 saturated heterocycles. The molecule has 2 heterocycles. The third-order valence-corrected chi connectivity index (χ3v) is 9.91. The lowest BCUT2D eigenvalue weighted by molar-refractivity contribution is -0.156. The fourth-order valence-electron chi connectivity index (χ4n) is 7.00. The van der Waals surface area contributed by atoms with E-state index in [-0.39, 0.29) is 38.6 Å². The molecule has 6 rings (SSSR count). The van der Waals surface area contributed by atoms with E-state index in [2.05, 4.69) is 9.97 Å². The van der Waals surface area contributed by atoms with Gasteiger partial charge in [0.1, 0.15) is 67.3 Å². The maximum Gasteiger partial charge on any atom is 0.317 e. The molecule has 320 valence electrons. The zero-order chi connectivity index (χ0) is 43.5. The van der Waals surface area contributed by atoms with Crippen LogP contribution in [0.5, 0.6) is 34.5 Å². The van der Waals surface area contributed by atoms with Crippen molar-refractivity contribution in [1.29, 1.82) is 0 Å². The van der Waals surface area contributed by atoms with Gasteiger partial charge in [-0.3, -0.25) is 19.6 Å². The first-order valence-electron chi connectivity index (χ1n) is 20.5. The predicted molar refractivity (Wildman–Crippen MR) is 233 cm³/mol. The van der Waals surface area contributed by atoms with Gasteiger partial charge >= 0.3 is 11.9 Å². The Hall–Kier alpha value is -6.56. The molecular formula is C49H54N2O10. The van der Waals surface area contributed by atoms with Crippen LogP contribution in [0.1, 0.15) is 81.3 Å². The second-order valence-corrected chi connectivity index (χ2v) is 14.9. The first-order chi connectivity index (χ1) is 29.5. The van der Waals surface area contributed by atoms with Crippen molar-refractivity contribution < 1.29 is 47.5 Å². The molecular weight excluding hydrogens is 777 g/mol. The first kappa shape index (κ1) is 44.0. The Labute approximate surface area is 357 Å². The first-order valence-corrected chi connectivity index (χ1v) is 20.5. The number of methoxy groups -OCH3 is 2. The molecule has 0 unspecified atom stereocenters. The Kier molecular flexibility index (Phi) is 14.9. The van der Waals surface area contributed by atoms with Gasteiger partial charge in [-0.25, -0.2) is 0 Å². The molecule has 4 aromatic carbocycles. The Bertz CT molecular complexity index is 2310. The minimum atomic E-state index is -0.694. The Balaban J connectivity index is 1.06. The minimum absolute atomic E-state index is 0.0327. The molecule has 0 aliphatic rings. The Morgan fingerprint density at radius 3 is 1.36 bits per heavy atom. The normalized spacial score (nSPS) is 11.2. The number of carbonyl (C=O) groups excluding carboxylic acids is 2. The van der Waals surface area contributed by atoms with E-state index >= 15 is 0 Å². The minimum Gasteiger partial charge on any atom is -0.497 e. The van der Waals surface area contributed by atoms with E-state index in [1.54, 1.807) is 26.6 Å². The highest BCUT2D eigenvalue weighted by atomic mass is 16.6. The van der Waals surface area contributed by atoms with Crippen LogP contribution in [-0.2, 0) is 58.3 Å².